The molecule has 0 spiro atoms. The van der Waals surface area contributed by atoms with Gasteiger partial charge in [0.05, 0.1) is 11.4 Å². The molecule has 1 aromatic heterocycles. The van der Waals surface area contributed by atoms with E-state index in [-0.39, 0.29) is 11.9 Å². The number of hydrogen-bond acceptors (Lipinski definition) is 5. The highest BCUT2D eigenvalue weighted by Crippen LogP contribution is 2.32. The number of amides is 1. The Morgan fingerprint density at radius 2 is 1.93 bits per heavy atom. The number of anilines is 1. The first-order chi connectivity index (χ1) is 13.5. The van der Waals surface area contributed by atoms with Gasteiger partial charge in [0, 0.05) is 11.7 Å². The van der Waals surface area contributed by atoms with Crippen LogP contribution in [0.5, 0.6) is 0 Å². The molecule has 6 nitrogen and oxygen atoms in total. The lowest BCUT2D eigenvalue weighted by atomic mass is 10.0. The second-order valence-corrected chi connectivity index (χ2v) is 8.30. The summed E-state index contributed by atoms with van der Waals surface area (Å²) in [6.45, 7) is 6.41. The number of rotatable bonds is 5. The van der Waals surface area contributed by atoms with Crippen molar-refractivity contribution in [3.05, 3.63) is 59.7 Å². The van der Waals surface area contributed by atoms with E-state index in [1.807, 2.05) is 35.2 Å². The van der Waals surface area contributed by atoms with E-state index in [9.17, 15) is 4.79 Å². The lowest BCUT2D eigenvalue weighted by Gasteiger charge is -2.22. The van der Waals surface area contributed by atoms with Gasteiger partial charge >= 0.3 is 0 Å². The number of hydrogen-bond donors (Lipinski definition) is 0. The van der Waals surface area contributed by atoms with Crippen molar-refractivity contribution in [1.82, 2.24) is 20.2 Å². The average Bonchev–Trinajstić information content (AvgIpc) is 3.29. The van der Waals surface area contributed by atoms with E-state index >= 15 is 0 Å². The molecule has 1 atom stereocenters. The monoisotopic (exact) mass is 393 g/mol. The summed E-state index contributed by atoms with van der Waals surface area (Å²) in [5.41, 5.74) is 4.40. The molecule has 0 saturated carbocycles. The van der Waals surface area contributed by atoms with Crippen LogP contribution in [0, 0.1) is 0 Å². The van der Waals surface area contributed by atoms with E-state index < -0.39 is 0 Å². The van der Waals surface area contributed by atoms with Crippen molar-refractivity contribution in [2.75, 3.05) is 10.7 Å². The van der Waals surface area contributed by atoms with Crippen molar-refractivity contribution in [2.45, 2.75) is 44.3 Å². The van der Waals surface area contributed by atoms with Gasteiger partial charge in [-0.25, -0.2) is 0 Å². The summed E-state index contributed by atoms with van der Waals surface area (Å²) in [6.07, 6.45) is 0.895. The SMILES string of the molecule is CC(C)c1ccc(-n2nnnc2SCC(=O)N2c3ccccc3CC2C)cc1. The van der Waals surface area contributed by atoms with E-state index in [1.165, 1.54) is 22.9 Å². The number of aromatic nitrogens is 4. The zero-order valence-electron chi connectivity index (χ0n) is 16.2. The molecule has 1 aliphatic rings. The maximum absolute atomic E-state index is 12.9. The third kappa shape index (κ3) is 3.54. The fourth-order valence-corrected chi connectivity index (χ4v) is 4.32. The van der Waals surface area contributed by atoms with Crippen LogP contribution in [-0.4, -0.2) is 37.9 Å². The largest absolute Gasteiger partial charge is 0.308 e. The number of benzene rings is 2. The highest BCUT2D eigenvalue weighted by Gasteiger charge is 2.30. The van der Waals surface area contributed by atoms with Gasteiger partial charge < -0.3 is 4.90 Å². The summed E-state index contributed by atoms with van der Waals surface area (Å²) in [5, 5.41) is 12.6. The molecular formula is C21H23N5OS. The number of tetrazole rings is 1. The Morgan fingerprint density at radius 1 is 1.18 bits per heavy atom. The normalized spacial score (nSPS) is 15.9. The highest BCUT2D eigenvalue weighted by molar-refractivity contribution is 7.99. The second-order valence-electron chi connectivity index (χ2n) is 7.35. The predicted octanol–water partition coefficient (Wildman–Crippen LogP) is 3.86. The van der Waals surface area contributed by atoms with E-state index in [0.717, 1.165) is 17.8 Å². The van der Waals surface area contributed by atoms with E-state index in [4.69, 9.17) is 0 Å². The molecule has 1 amide bonds. The number of nitrogens with zero attached hydrogens (tertiary/aromatic N) is 5. The molecule has 1 unspecified atom stereocenters. The molecule has 0 aliphatic carbocycles. The van der Waals surface area contributed by atoms with Gasteiger partial charge in [0.25, 0.3) is 0 Å². The first-order valence-electron chi connectivity index (χ1n) is 9.46. The number of thioether (sulfide) groups is 1. The maximum Gasteiger partial charge on any atom is 0.237 e. The summed E-state index contributed by atoms with van der Waals surface area (Å²) in [4.78, 5) is 14.8. The lowest BCUT2D eigenvalue weighted by Crippen LogP contribution is -2.37. The molecule has 4 rings (SSSR count). The van der Waals surface area contributed by atoms with E-state index in [0.29, 0.717) is 16.8 Å². The Labute approximate surface area is 168 Å². The zero-order valence-corrected chi connectivity index (χ0v) is 17.1. The fraction of sp³-hybridized carbons (Fsp3) is 0.333. The summed E-state index contributed by atoms with van der Waals surface area (Å²) >= 11 is 1.37. The molecule has 3 aromatic rings. The Morgan fingerprint density at radius 3 is 2.68 bits per heavy atom. The topological polar surface area (TPSA) is 63.9 Å². The highest BCUT2D eigenvalue weighted by atomic mass is 32.2. The van der Waals surface area contributed by atoms with Crippen molar-refractivity contribution < 1.29 is 4.79 Å². The van der Waals surface area contributed by atoms with Crippen LogP contribution < -0.4 is 4.90 Å². The summed E-state index contributed by atoms with van der Waals surface area (Å²) in [6, 6.07) is 16.5. The van der Waals surface area contributed by atoms with E-state index in [1.54, 1.807) is 4.68 Å². The summed E-state index contributed by atoms with van der Waals surface area (Å²) in [7, 11) is 0. The van der Waals surface area contributed by atoms with E-state index in [2.05, 4.69) is 54.5 Å². The van der Waals surface area contributed by atoms with Crippen LogP contribution in [0.1, 0.15) is 37.8 Å². The summed E-state index contributed by atoms with van der Waals surface area (Å²) < 4.78 is 1.68. The Bertz CT molecular complexity index is 982. The Hall–Kier alpha value is -2.67. The van der Waals surface area contributed by atoms with Gasteiger partial charge in [-0.2, -0.15) is 4.68 Å². The van der Waals surface area contributed by atoms with Crippen LogP contribution in [0.2, 0.25) is 0 Å². The van der Waals surface area contributed by atoms with Crippen LogP contribution in [0.3, 0.4) is 0 Å². The van der Waals surface area contributed by atoms with Crippen molar-refractivity contribution >= 4 is 23.4 Å². The molecule has 7 heteroatoms. The predicted molar refractivity (Wildman–Crippen MR) is 111 cm³/mol. The smallest absolute Gasteiger partial charge is 0.237 e. The minimum Gasteiger partial charge on any atom is -0.308 e. The van der Waals surface area contributed by atoms with Crippen LogP contribution in [0.25, 0.3) is 5.69 Å². The van der Waals surface area contributed by atoms with Crippen molar-refractivity contribution in [1.29, 1.82) is 0 Å². The Kier molecular flexibility index (Phi) is 5.17. The van der Waals surface area contributed by atoms with Gasteiger partial charge in [-0.05, 0) is 59.0 Å². The maximum atomic E-state index is 12.9. The van der Waals surface area contributed by atoms with Gasteiger partial charge in [-0.15, -0.1) is 5.10 Å². The molecule has 0 fully saturated rings. The standard InChI is InChI=1S/C21H23N5OS/c1-14(2)16-8-10-18(11-9-16)26-21(22-23-24-26)28-13-20(27)25-15(3)12-17-6-4-5-7-19(17)25/h4-11,14-15H,12-13H2,1-3H3. The number of para-hydroxylation sites is 1. The van der Waals surface area contributed by atoms with Gasteiger partial charge in [0.2, 0.25) is 11.1 Å². The summed E-state index contributed by atoms with van der Waals surface area (Å²) in [5.74, 6) is 0.843. The zero-order chi connectivity index (χ0) is 19.7. The molecule has 0 N–H and O–H groups in total. The average molecular weight is 394 g/mol. The van der Waals surface area contributed by atoms with Crippen LogP contribution in [0.15, 0.2) is 53.7 Å². The third-order valence-corrected chi connectivity index (χ3v) is 5.95. The first-order valence-corrected chi connectivity index (χ1v) is 10.4. The van der Waals surface area contributed by atoms with Crippen LogP contribution in [0.4, 0.5) is 5.69 Å². The minimum absolute atomic E-state index is 0.0761. The number of carbonyl (C=O) groups excluding carboxylic acids is 1. The molecule has 28 heavy (non-hydrogen) atoms. The second kappa shape index (κ2) is 7.75. The van der Waals surface area contributed by atoms with Gasteiger partial charge in [0.1, 0.15) is 0 Å². The number of carbonyl (C=O) groups is 1. The molecule has 0 bridgehead atoms. The molecular weight excluding hydrogens is 370 g/mol. The fourth-order valence-electron chi connectivity index (χ4n) is 3.57. The molecule has 144 valence electrons. The quantitative estimate of drug-likeness (QED) is 0.616. The lowest BCUT2D eigenvalue weighted by molar-refractivity contribution is -0.116. The third-order valence-electron chi connectivity index (χ3n) is 5.05. The molecule has 2 heterocycles. The van der Waals surface area contributed by atoms with Gasteiger partial charge in [-0.1, -0.05) is 55.9 Å². The van der Waals surface area contributed by atoms with Crippen LogP contribution in [-0.2, 0) is 11.2 Å². The Balaban J connectivity index is 1.48. The van der Waals surface area contributed by atoms with Crippen molar-refractivity contribution in [3.8, 4) is 5.69 Å². The first kappa shape index (κ1) is 18.7. The van der Waals surface area contributed by atoms with Gasteiger partial charge in [-0.3, -0.25) is 4.79 Å². The molecule has 0 radical (unpaired) electrons. The minimum atomic E-state index is 0.0761. The van der Waals surface area contributed by atoms with Crippen molar-refractivity contribution in [2.24, 2.45) is 0 Å². The van der Waals surface area contributed by atoms with Crippen LogP contribution >= 0.6 is 11.8 Å². The number of fused-ring (bicyclic) bond motifs is 1. The van der Waals surface area contributed by atoms with Crippen molar-refractivity contribution in [3.63, 3.8) is 0 Å². The molecule has 1 aliphatic heterocycles. The van der Waals surface area contributed by atoms with Gasteiger partial charge in [0.15, 0.2) is 0 Å². The molecule has 2 aromatic carbocycles. The molecule has 0 saturated heterocycles.